The van der Waals surface area contributed by atoms with Gasteiger partial charge in [-0.25, -0.2) is 4.79 Å². The monoisotopic (exact) mass is 221 g/mol. The summed E-state index contributed by atoms with van der Waals surface area (Å²) in [5.74, 6) is 1.01. The van der Waals surface area contributed by atoms with E-state index in [0.717, 1.165) is 0 Å². The van der Waals surface area contributed by atoms with Gasteiger partial charge in [-0.1, -0.05) is 5.21 Å². The molecule has 84 valence electrons. The third-order valence-electron chi connectivity index (χ3n) is 1.93. The molecule has 0 aromatic carbocycles. The Labute approximate surface area is 91.5 Å². The van der Waals surface area contributed by atoms with Gasteiger partial charge in [-0.3, -0.25) is 0 Å². The molecule has 6 heteroatoms. The molecule has 0 aliphatic heterocycles. The second-order valence-electron chi connectivity index (χ2n) is 3.16. The van der Waals surface area contributed by atoms with Crippen molar-refractivity contribution in [3.05, 3.63) is 34.5 Å². The molecule has 0 amide bonds. The standard InChI is InChI=1S/C10H11N3O3/c1-3-15-9-6-11-12-13(9)8-4-7(2)16-10(14)5-8/h4-6H,3H2,1-2H3. The molecule has 2 aromatic rings. The van der Waals surface area contributed by atoms with E-state index in [1.54, 1.807) is 13.0 Å². The molecule has 0 saturated carbocycles. The van der Waals surface area contributed by atoms with Gasteiger partial charge in [0, 0.05) is 12.1 Å². The van der Waals surface area contributed by atoms with Crippen LogP contribution >= 0.6 is 0 Å². The highest BCUT2D eigenvalue weighted by Crippen LogP contribution is 2.14. The van der Waals surface area contributed by atoms with Crippen molar-refractivity contribution in [3.8, 4) is 11.6 Å². The predicted octanol–water partition coefficient (Wildman–Crippen LogP) is 0.928. The van der Waals surface area contributed by atoms with Crippen LogP contribution in [0.2, 0.25) is 0 Å². The summed E-state index contributed by atoms with van der Waals surface area (Å²) in [4.78, 5) is 11.2. The van der Waals surface area contributed by atoms with Gasteiger partial charge in [0.1, 0.15) is 12.0 Å². The first-order valence-corrected chi connectivity index (χ1v) is 4.86. The zero-order valence-corrected chi connectivity index (χ0v) is 9.01. The molecule has 0 bridgehead atoms. The topological polar surface area (TPSA) is 70.2 Å². The molecular weight excluding hydrogens is 210 g/mol. The first kappa shape index (κ1) is 10.4. The Balaban J connectivity index is 2.49. The Morgan fingerprint density at radius 1 is 1.50 bits per heavy atom. The maximum absolute atomic E-state index is 11.2. The molecule has 0 aliphatic carbocycles. The minimum atomic E-state index is -0.423. The molecule has 2 heterocycles. The van der Waals surface area contributed by atoms with Gasteiger partial charge in [-0.05, 0) is 13.8 Å². The highest BCUT2D eigenvalue weighted by Gasteiger charge is 2.08. The molecular formula is C10H11N3O3. The normalized spacial score (nSPS) is 10.4. The molecule has 0 N–H and O–H groups in total. The lowest BCUT2D eigenvalue weighted by Crippen LogP contribution is -2.07. The van der Waals surface area contributed by atoms with Crippen molar-refractivity contribution in [2.45, 2.75) is 13.8 Å². The SMILES string of the molecule is CCOc1cnnn1-c1cc(C)oc(=O)c1. The molecule has 0 atom stereocenters. The average molecular weight is 221 g/mol. The van der Waals surface area contributed by atoms with E-state index in [4.69, 9.17) is 9.15 Å². The number of nitrogens with zero attached hydrogens (tertiary/aromatic N) is 3. The first-order valence-electron chi connectivity index (χ1n) is 4.86. The van der Waals surface area contributed by atoms with Gasteiger partial charge < -0.3 is 9.15 Å². The second-order valence-corrected chi connectivity index (χ2v) is 3.16. The van der Waals surface area contributed by atoms with E-state index < -0.39 is 5.63 Å². The number of hydrogen-bond acceptors (Lipinski definition) is 5. The number of ether oxygens (including phenoxy) is 1. The van der Waals surface area contributed by atoms with Gasteiger partial charge in [0.25, 0.3) is 0 Å². The quantitative estimate of drug-likeness (QED) is 0.771. The summed E-state index contributed by atoms with van der Waals surface area (Å²) >= 11 is 0. The van der Waals surface area contributed by atoms with Crippen LogP contribution in [0.5, 0.6) is 5.88 Å². The maximum Gasteiger partial charge on any atom is 0.338 e. The molecule has 0 spiro atoms. The summed E-state index contributed by atoms with van der Waals surface area (Å²) in [6.07, 6.45) is 1.49. The maximum atomic E-state index is 11.2. The van der Waals surface area contributed by atoms with E-state index in [9.17, 15) is 4.79 Å². The third-order valence-corrected chi connectivity index (χ3v) is 1.93. The first-order chi connectivity index (χ1) is 7.70. The van der Waals surface area contributed by atoms with Crippen LogP contribution in [-0.2, 0) is 0 Å². The summed E-state index contributed by atoms with van der Waals surface area (Å²) in [5.41, 5.74) is 0.155. The van der Waals surface area contributed by atoms with Gasteiger partial charge >= 0.3 is 5.63 Å². The van der Waals surface area contributed by atoms with Crippen LogP contribution in [-0.4, -0.2) is 21.6 Å². The van der Waals surface area contributed by atoms with Gasteiger partial charge in [-0.15, -0.1) is 5.10 Å². The minimum Gasteiger partial charge on any atom is -0.477 e. The number of rotatable bonds is 3. The van der Waals surface area contributed by atoms with E-state index in [2.05, 4.69) is 10.3 Å². The fourth-order valence-corrected chi connectivity index (χ4v) is 1.36. The molecule has 6 nitrogen and oxygen atoms in total. The molecule has 0 aliphatic rings. The van der Waals surface area contributed by atoms with Crippen LogP contribution in [0.15, 0.2) is 27.5 Å². The third kappa shape index (κ3) is 1.95. The molecule has 0 radical (unpaired) electrons. The molecule has 0 fully saturated rings. The molecule has 2 rings (SSSR count). The number of hydrogen-bond donors (Lipinski definition) is 0. The lowest BCUT2D eigenvalue weighted by molar-refractivity contribution is 0.316. The Morgan fingerprint density at radius 2 is 2.31 bits per heavy atom. The molecule has 2 aromatic heterocycles. The molecule has 0 unspecified atom stereocenters. The van der Waals surface area contributed by atoms with E-state index in [1.165, 1.54) is 16.9 Å². The fourth-order valence-electron chi connectivity index (χ4n) is 1.36. The van der Waals surface area contributed by atoms with Crippen molar-refractivity contribution in [2.75, 3.05) is 6.61 Å². The van der Waals surface area contributed by atoms with Gasteiger partial charge in [0.05, 0.1) is 12.3 Å². The number of aromatic nitrogens is 3. The van der Waals surface area contributed by atoms with Gasteiger partial charge in [0.2, 0.25) is 5.88 Å². The van der Waals surface area contributed by atoms with Crippen molar-refractivity contribution in [1.82, 2.24) is 15.0 Å². The van der Waals surface area contributed by atoms with Crippen LogP contribution in [0, 0.1) is 6.92 Å². The highest BCUT2D eigenvalue weighted by atomic mass is 16.5. The largest absolute Gasteiger partial charge is 0.477 e. The van der Waals surface area contributed by atoms with Gasteiger partial charge in [0.15, 0.2) is 0 Å². The van der Waals surface area contributed by atoms with Crippen LogP contribution in [0.3, 0.4) is 0 Å². The summed E-state index contributed by atoms with van der Waals surface area (Å²) in [6, 6.07) is 3.03. The van der Waals surface area contributed by atoms with Crippen molar-refractivity contribution in [2.24, 2.45) is 0 Å². The van der Waals surface area contributed by atoms with E-state index >= 15 is 0 Å². The summed E-state index contributed by atoms with van der Waals surface area (Å²) in [6.45, 7) is 4.07. The van der Waals surface area contributed by atoms with Crippen LogP contribution in [0.4, 0.5) is 0 Å². The van der Waals surface area contributed by atoms with E-state index in [0.29, 0.717) is 23.9 Å². The van der Waals surface area contributed by atoms with Crippen molar-refractivity contribution in [3.63, 3.8) is 0 Å². The average Bonchev–Trinajstić information content (AvgIpc) is 2.65. The lowest BCUT2D eigenvalue weighted by atomic mass is 10.3. The van der Waals surface area contributed by atoms with Crippen molar-refractivity contribution in [1.29, 1.82) is 0 Å². The predicted molar refractivity (Wildman–Crippen MR) is 55.8 cm³/mol. The summed E-state index contributed by atoms with van der Waals surface area (Å²) in [7, 11) is 0. The molecule has 16 heavy (non-hydrogen) atoms. The summed E-state index contributed by atoms with van der Waals surface area (Å²) in [5, 5.41) is 7.58. The number of aryl methyl sites for hydroxylation is 1. The Kier molecular flexibility index (Phi) is 2.72. The zero-order valence-electron chi connectivity index (χ0n) is 9.01. The van der Waals surface area contributed by atoms with Crippen LogP contribution in [0.25, 0.3) is 5.69 Å². The van der Waals surface area contributed by atoms with E-state index in [1.807, 2.05) is 6.92 Å². The van der Waals surface area contributed by atoms with Crippen LogP contribution in [0.1, 0.15) is 12.7 Å². The fraction of sp³-hybridized carbons (Fsp3) is 0.300. The Hall–Kier alpha value is -2.11. The van der Waals surface area contributed by atoms with Crippen molar-refractivity contribution < 1.29 is 9.15 Å². The highest BCUT2D eigenvalue weighted by molar-refractivity contribution is 5.32. The van der Waals surface area contributed by atoms with Crippen molar-refractivity contribution >= 4 is 0 Å². The van der Waals surface area contributed by atoms with E-state index in [-0.39, 0.29) is 0 Å². The minimum absolute atomic E-state index is 0.423. The smallest absolute Gasteiger partial charge is 0.338 e. The zero-order chi connectivity index (χ0) is 11.5. The lowest BCUT2D eigenvalue weighted by Gasteiger charge is -2.05. The van der Waals surface area contributed by atoms with Gasteiger partial charge in [-0.2, -0.15) is 4.68 Å². The second kappa shape index (κ2) is 4.18. The summed E-state index contributed by atoms with van der Waals surface area (Å²) < 4.78 is 11.6. The van der Waals surface area contributed by atoms with Crippen LogP contribution < -0.4 is 10.4 Å². The molecule has 0 saturated heterocycles. The Morgan fingerprint density at radius 3 is 3.00 bits per heavy atom. The Bertz CT molecular complexity index is 544.